The third kappa shape index (κ3) is 3.31. The topological polar surface area (TPSA) is 35.5 Å². The van der Waals surface area contributed by atoms with Gasteiger partial charge in [-0.25, -0.2) is 0 Å². The molecular formula is C16H15ClO3. The molecule has 0 aliphatic rings. The van der Waals surface area contributed by atoms with Gasteiger partial charge in [-0.05, 0) is 42.8 Å². The van der Waals surface area contributed by atoms with E-state index in [2.05, 4.69) is 0 Å². The molecule has 0 aliphatic carbocycles. The van der Waals surface area contributed by atoms with Crippen molar-refractivity contribution < 1.29 is 14.3 Å². The molecule has 2 aromatic carbocycles. The Bertz CT molecular complexity index is 593. The van der Waals surface area contributed by atoms with Crippen LogP contribution in [0.4, 0.5) is 0 Å². The predicted octanol–water partition coefficient (Wildman–Crippen LogP) is 4.30. The van der Waals surface area contributed by atoms with Gasteiger partial charge in [-0.3, -0.25) is 4.79 Å². The SMILES string of the molecule is COc1ccc(C(C)Oc2ccc(C=O)cc2Cl)cc1. The van der Waals surface area contributed by atoms with E-state index in [1.165, 1.54) is 0 Å². The number of benzene rings is 2. The lowest BCUT2D eigenvalue weighted by atomic mass is 10.1. The van der Waals surface area contributed by atoms with E-state index in [0.29, 0.717) is 16.3 Å². The van der Waals surface area contributed by atoms with E-state index in [9.17, 15) is 4.79 Å². The van der Waals surface area contributed by atoms with Crippen molar-refractivity contribution in [3.05, 3.63) is 58.6 Å². The molecule has 0 N–H and O–H groups in total. The highest BCUT2D eigenvalue weighted by Crippen LogP contribution is 2.30. The molecule has 0 aliphatic heterocycles. The Balaban J connectivity index is 2.14. The maximum absolute atomic E-state index is 10.7. The fourth-order valence-corrected chi connectivity index (χ4v) is 2.05. The minimum Gasteiger partial charge on any atom is -0.497 e. The van der Waals surface area contributed by atoms with Crippen LogP contribution < -0.4 is 9.47 Å². The van der Waals surface area contributed by atoms with Crippen LogP contribution in [-0.2, 0) is 0 Å². The molecule has 0 spiro atoms. The highest BCUT2D eigenvalue weighted by atomic mass is 35.5. The van der Waals surface area contributed by atoms with Crippen molar-refractivity contribution in [3.8, 4) is 11.5 Å². The van der Waals surface area contributed by atoms with Crippen LogP contribution in [0.15, 0.2) is 42.5 Å². The molecule has 0 amide bonds. The van der Waals surface area contributed by atoms with Crippen LogP contribution in [0.5, 0.6) is 11.5 Å². The number of halogens is 1. The molecule has 3 nitrogen and oxygen atoms in total. The van der Waals surface area contributed by atoms with Gasteiger partial charge in [-0.1, -0.05) is 23.7 Å². The quantitative estimate of drug-likeness (QED) is 0.770. The number of hydrogen-bond acceptors (Lipinski definition) is 3. The van der Waals surface area contributed by atoms with Crippen molar-refractivity contribution in [3.63, 3.8) is 0 Å². The molecule has 0 saturated carbocycles. The lowest BCUT2D eigenvalue weighted by molar-refractivity contribution is 0.112. The second-order valence-corrected chi connectivity index (χ2v) is 4.75. The Hall–Kier alpha value is -2.00. The lowest BCUT2D eigenvalue weighted by Crippen LogP contribution is -2.03. The molecule has 0 heterocycles. The molecule has 20 heavy (non-hydrogen) atoms. The van der Waals surface area contributed by atoms with Crippen molar-refractivity contribution in [1.82, 2.24) is 0 Å². The summed E-state index contributed by atoms with van der Waals surface area (Å²) in [6.45, 7) is 1.94. The Kier molecular flexibility index (Phi) is 4.64. The molecule has 0 aromatic heterocycles. The van der Waals surface area contributed by atoms with Gasteiger partial charge in [-0.15, -0.1) is 0 Å². The zero-order chi connectivity index (χ0) is 14.5. The number of methoxy groups -OCH3 is 1. The number of carbonyl (C=O) groups is 1. The maximum atomic E-state index is 10.7. The minimum absolute atomic E-state index is 0.152. The Morgan fingerprint density at radius 1 is 1.15 bits per heavy atom. The zero-order valence-corrected chi connectivity index (χ0v) is 12.1. The van der Waals surface area contributed by atoms with E-state index in [1.54, 1.807) is 25.3 Å². The fraction of sp³-hybridized carbons (Fsp3) is 0.188. The number of rotatable bonds is 5. The molecule has 2 rings (SSSR count). The van der Waals surface area contributed by atoms with Crippen LogP contribution >= 0.6 is 11.6 Å². The average Bonchev–Trinajstić information content (AvgIpc) is 2.49. The summed E-state index contributed by atoms with van der Waals surface area (Å²) in [6, 6.07) is 12.6. The van der Waals surface area contributed by atoms with Crippen LogP contribution in [0.1, 0.15) is 28.9 Å². The normalized spacial score (nSPS) is 11.8. The van der Waals surface area contributed by atoms with Crippen molar-refractivity contribution in [2.45, 2.75) is 13.0 Å². The van der Waals surface area contributed by atoms with Gasteiger partial charge >= 0.3 is 0 Å². The third-order valence-corrected chi connectivity index (χ3v) is 3.28. The number of hydrogen-bond donors (Lipinski definition) is 0. The summed E-state index contributed by atoms with van der Waals surface area (Å²) in [5.41, 5.74) is 1.54. The minimum atomic E-state index is -0.152. The van der Waals surface area contributed by atoms with Crippen LogP contribution in [0.3, 0.4) is 0 Å². The third-order valence-electron chi connectivity index (χ3n) is 2.98. The van der Waals surface area contributed by atoms with E-state index in [-0.39, 0.29) is 6.10 Å². The standard InChI is InChI=1S/C16H15ClO3/c1-11(13-4-6-14(19-2)7-5-13)20-16-8-3-12(10-18)9-15(16)17/h3-11H,1-2H3. The second-order valence-electron chi connectivity index (χ2n) is 4.34. The zero-order valence-electron chi connectivity index (χ0n) is 11.3. The number of aldehydes is 1. The molecule has 0 bridgehead atoms. The molecule has 0 fully saturated rings. The van der Waals surface area contributed by atoms with Gasteiger partial charge < -0.3 is 9.47 Å². The molecule has 1 unspecified atom stereocenters. The summed E-state index contributed by atoms with van der Waals surface area (Å²) in [6.07, 6.45) is 0.600. The highest BCUT2D eigenvalue weighted by molar-refractivity contribution is 6.32. The lowest BCUT2D eigenvalue weighted by Gasteiger charge is -2.16. The molecule has 1 atom stereocenters. The van der Waals surface area contributed by atoms with Gasteiger partial charge in [0.25, 0.3) is 0 Å². The van der Waals surface area contributed by atoms with Gasteiger partial charge in [0.2, 0.25) is 0 Å². The summed E-state index contributed by atoms with van der Waals surface area (Å²) in [5, 5.41) is 0.426. The van der Waals surface area contributed by atoms with Crippen molar-refractivity contribution in [2.75, 3.05) is 7.11 Å². The summed E-state index contributed by atoms with van der Waals surface area (Å²) < 4.78 is 10.9. The molecule has 4 heteroatoms. The summed E-state index contributed by atoms with van der Waals surface area (Å²) in [4.78, 5) is 10.7. The summed E-state index contributed by atoms with van der Waals surface area (Å²) in [5.74, 6) is 1.36. The van der Waals surface area contributed by atoms with E-state index < -0.39 is 0 Å². The first kappa shape index (κ1) is 14.4. The Morgan fingerprint density at radius 3 is 2.40 bits per heavy atom. The molecule has 0 radical (unpaired) electrons. The molecule has 104 valence electrons. The number of ether oxygens (including phenoxy) is 2. The smallest absolute Gasteiger partial charge is 0.150 e. The van der Waals surface area contributed by atoms with Gasteiger partial charge in [0.1, 0.15) is 23.9 Å². The van der Waals surface area contributed by atoms with Crippen LogP contribution in [0, 0.1) is 0 Å². The van der Waals surface area contributed by atoms with Gasteiger partial charge in [0, 0.05) is 5.56 Å². The van der Waals surface area contributed by atoms with E-state index in [1.807, 2.05) is 31.2 Å². The van der Waals surface area contributed by atoms with Crippen molar-refractivity contribution in [1.29, 1.82) is 0 Å². The van der Waals surface area contributed by atoms with Crippen molar-refractivity contribution >= 4 is 17.9 Å². The molecular weight excluding hydrogens is 276 g/mol. The molecule has 2 aromatic rings. The first-order valence-corrected chi connectivity index (χ1v) is 6.57. The van der Waals surface area contributed by atoms with E-state index in [4.69, 9.17) is 21.1 Å². The van der Waals surface area contributed by atoms with Crippen LogP contribution in [0.25, 0.3) is 0 Å². The van der Waals surface area contributed by atoms with E-state index >= 15 is 0 Å². The first-order chi connectivity index (χ1) is 9.63. The summed E-state index contributed by atoms with van der Waals surface area (Å²) in [7, 11) is 1.63. The van der Waals surface area contributed by atoms with Crippen LogP contribution in [0.2, 0.25) is 5.02 Å². The van der Waals surface area contributed by atoms with Gasteiger partial charge in [-0.2, -0.15) is 0 Å². The highest BCUT2D eigenvalue weighted by Gasteiger charge is 2.10. The number of carbonyl (C=O) groups excluding carboxylic acids is 1. The fourth-order valence-electron chi connectivity index (χ4n) is 1.82. The summed E-state index contributed by atoms with van der Waals surface area (Å²) >= 11 is 6.08. The average molecular weight is 291 g/mol. The van der Waals surface area contributed by atoms with Crippen molar-refractivity contribution in [2.24, 2.45) is 0 Å². The van der Waals surface area contributed by atoms with Gasteiger partial charge in [0.15, 0.2) is 0 Å². The Morgan fingerprint density at radius 2 is 1.85 bits per heavy atom. The monoisotopic (exact) mass is 290 g/mol. The Labute approximate surface area is 123 Å². The largest absolute Gasteiger partial charge is 0.497 e. The van der Waals surface area contributed by atoms with Crippen LogP contribution in [-0.4, -0.2) is 13.4 Å². The second kappa shape index (κ2) is 6.44. The predicted molar refractivity (Wildman–Crippen MR) is 78.9 cm³/mol. The van der Waals surface area contributed by atoms with E-state index in [0.717, 1.165) is 17.6 Å². The van der Waals surface area contributed by atoms with Gasteiger partial charge in [0.05, 0.1) is 12.1 Å². The molecule has 0 saturated heterocycles. The maximum Gasteiger partial charge on any atom is 0.150 e. The first-order valence-electron chi connectivity index (χ1n) is 6.19.